The van der Waals surface area contributed by atoms with Crippen molar-refractivity contribution in [1.82, 2.24) is 15.0 Å². The van der Waals surface area contributed by atoms with Gasteiger partial charge in [-0.2, -0.15) is 0 Å². The zero-order chi connectivity index (χ0) is 38.4. The number of aromatic nitrogens is 3. The molecule has 4 heteroatoms. The second kappa shape index (κ2) is 10.2. The van der Waals surface area contributed by atoms with E-state index < -0.39 is 48.3 Å². The molecule has 4 nitrogen and oxygen atoms in total. The van der Waals surface area contributed by atoms with Crippen molar-refractivity contribution in [3.8, 4) is 45.3 Å². The summed E-state index contributed by atoms with van der Waals surface area (Å²) in [4.78, 5) is 14.4. The topological polar surface area (TPSA) is 51.8 Å². The fourth-order valence-electron chi connectivity index (χ4n) is 5.73. The van der Waals surface area contributed by atoms with E-state index >= 15 is 0 Å². The lowest BCUT2D eigenvalue weighted by molar-refractivity contribution is 0.669. The first-order valence-corrected chi connectivity index (χ1v) is 14.2. The Labute approximate surface area is 273 Å². The smallest absolute Gasteiger partial charge is 0.164 e. The van der Waals surface area contributed by atoms with Crippen LogP contribution in [0.5, 0.6) is 0 Å². The first kappa shape index (κ1) is 17.2. The molecule has 0 radical (unpaired) electrons. The van der Waals surface area contributed by atoms with E-state index in [4.69, 9.17) is 33.1 Å². The molecule has 2 heterocycles. The third-order valence-corrected chi connectivity index (χ3v) is 7.85. The average Bonchev–Trinajstić information content (AvgIpc) is 3.57. The van der Waals surface area contributed by atoms with Crippen LogP contribution >= 0.6 is 0 Å². The van der Waals surface area contributed by atoms with Crippen LogP contribution in [0.1, 0.15) is 13.7 Å². The van der Waals surface area contributed by atoms with Gasteiger partial charge in [0.25, 0.3) is 0 Å². The maximum absolute atomic E-state index is 8.73. The Morgan fingerprint density at radius 1 is 0.444 bits per heavy atom. The number of nitrogens with zero attached hydrogens (tertiary/aromatic N) is 3. The highest BCUT2D eigenvalue weighted by atomic mass is 16.3. The predicted molar refractivity (Wildman–Crippen MR) is 184 cm³/mol. The molecule has 45 heavy (non-hydrogen) atoms. The molecule has 0 N–H and O–H groups in total. The molecule has 0 aliphatic heterocycles. The molecule has 0 aliphatic carbocycles. The molecule has 0 spiro atoms. The van der Waals surface area contributed by atoms with Gasteiger partial charge in [0, 0.05) is 27.5 Å². The van der Waals surface area contributed by atoms with Crippen LogP contribution in [0, 0.1) is 0 Å². The third-order valence-electron chi connectivity index (χ3n) is 7.85. The number of benzene rings is 7. The van der Waals surface area contributed by atoms with Crippen LogP contribution in [0.15, 0.2) is 156 Å². The Bertz CT molecular complexity index is 3070. The van der Waals surface area contributed by atoms with Crippen molar-refractivity contribution in [2.75, 3.05) is 0 Å². The maximum atomic E-state index is 8.73. The van der Waals surface area contributed by atoms with E-state index in [9.17, 15) is 0 Å². The van der Waals surface area contributed by atoms with Crippen molar-refractivity contribution in [3.63, 3.8) is 0 Å². The summed E-state index contributed by atoms with van der Waals surface area (Å²) >= 11 is 0. The molecule has 9 rings (SSSR count). The van der Waals surface area contributed by atoms with E-state index in [0.29, 0.717) is 27.9 Å². The quantitative estimate of drug-likeness (QED) is 0.206. The highest BCUT2D eigenvalue weighted by molar-refractivity contribution is 6.15. The lowest BCUT2D eigenvalue weighted by atomic mass is 10.00. The van der Waals surface area contributed by atoms with Crippen LogP contribution in [-0.2, 0) is 0 Å². The average molecular weight is 586 g/mol. The summed E-state index contributed by atoms with van der Waals surface area (Å²) < 4.78 is 89.7. The standard InChI is InChI=1S/C41H25N3O/c1-3-10-26(11-4-1)30-18-19-32-23-33(21-20-31(32)22-30)40-42-39(27-12-5-2-6-13-27)43-41(44-40)34-16-9-17-36-38(34)35-24-28-14-7-8-15-29(28)25-37(35)45-36/h1-25H/i1D,2D,3D,4D,5D,6D,10D,11D,12D,13D. The second-order valence-electron chi connectivity index (χ2n) is 10.6. The number of hydrogen-bond acceptors (Lipinski definition) is 4. The molecule has 0 unspecified atom stereocenters. The highest BCUT2D eigenvalue weighted by Crippen LogP contribution is 2.38. The van der Waals surface area contributed by atoms with Gasteiger partial charge in [0.2, 0.25) is 0 Å². The molecule has 2 aromatic heterocycles. The summed E-state index contributed by atoms with van der Waals surface area (Å²) in [6, 6.07) is 23.7. The Hall–Kier alpha value is -6.13. The van der Waals surface area contributed by atoms with E-state index in [1.54, 1.807) is 30.3 Å². The van der Waals surface area contributed by atoms with Crippen molar-refractivity contribution >= 4 is 43.5 Å². The molecule has 0 saturated heterocycles. The van der Waals surface area contributed by atoms with E-state index in [2.05, 4.69) is 0 Å². The minimum atomic E-state index is -0.535. The van der Waals surface area contributed by atoms with Crippen LogP contribution in [0.3, 0.4) is 0 Å². The maximum Gasteiger partial charge on any atom is 0.164 e. The van der Waals surface area contributed by atoms with Gasteiger partial charge in [0.1, 0.15) is 11.2 Å². The van der Waals surface area contributed by atoms with Crippen molar-refractivity contribution in [1.29, 1.82) is 0 Å². The van der Waals surface area contributed by atoms with E-state index in [1.807, 2.05) is 60.7 Å². The molecule has 7 aromatic carbocycles. The van der Waals surface area contributed by atoms with E-state index in [1.165, 1.54) is 0 Å². The molecule has 0 bridgehead atoms. The van der Waals surface area contributed by atoms with Gasteiger partial charge in [-0.05, 0) is 63.0 Å². The van der Waals surface area contributed by atoms with Gasteiger partial charge in [0.15, 0.2) is 17.5 Å². The highest BCUT2D eigenvalue weighted by Gasteiger charge is 2.18. The normalized spacial score (nSPS) is 14.7. The molecule has 0 saturated carbocycles. The Balaban J connectivity index is 1.27. The van der Waals surface area contributed by atoms with E-state index in [0.717, 1.165) is 32.3 Å². The summed E-state index contributed by atoms with van der Waals surface area (Å²) in [5.74, 6) is 0.271. The van der Waals surface area contributed by atoms with E-state index in [-0.39, 0.29) is 40.7 Å². The molecule has 0 fully saturated rings. The monoisotopic (exact) mass is 585 g/mol. The summed E-state index contributed by atoms with van der Waals surface area (Å²) in [7, 11) is 0. The summed E-state index contributed by atoms with van der Waals surface area (Å²) in [6.45, 7) is 0. The zero-order valence-electron chi connectivity index (χ0n) is 33.4. The minimum absolute atomic E-state index is 0.0938. The first-order chi connectivity index (χ1) is 26.4. The molecule has 0 amide bonds. The van der Waals surface area contributed by atoms with Crippen LogP contribution < -0.4 is 0 Å². The fraction of sp³-hybridized carbons (Fsp3) is 0. The van der Waals surface area contributed by atoms with Crippen LogP contribution in [-0.4, -0.2) is 15.0 Å². The lowest BCUT2D eigenvalue weighted by Crippen LogP contribution is -2.00. The Kier molecular flexibility index (Phi) is 3.93. The second-order valence-corrected chi connectivity index (χ2v) is 10.6. The predicted octanol–water partition coefficient (Wildman–Crippen LogP) is 10.7. The van der Waals surface area contributed by atoms with Crippen LogP contribution in [0.4, 0.5) is 0 Å². The summed E-state index contributed by atoms with van der Waals surface area (Å²) in [5, 5.41) is 5.04. The largest absolute Gasteiger partial charge is 0.456 e. The summed E-state index contributed by atoms with van der Waals surface area (Å²) in [6.07, 6.45) is 0. The molecular weight excluding hydrogens is 550 g/mol. The van der Waals surface area contributed by atoms with Crippen molar-refractivity contribution in [2.24, 2.45) is 0 Å². The van der Waals surface area contributed by atoms with Crippen molar-refractivity contribution in [3.05, 3.63) is 151 Å². The number of fused-ring (bicyclic) bond motifs is 5. The van der Waals surface area contributed by atoms with Gasteiger partial charge in [-0.25, -0.2) is 15.0 Å². The SMILES string of the molecule is [2H]c1c([2H])c([2H])c(-c2ccc3cc(-c4nc(-c5c([2H])c([2H])c([2H])c([2H])c5[2H])nc(-c5cccc6oc7cc8ccccc8cc7c56)n4)ccc3c2)c([2H])c1[2H]. The Morgan fingerprint density at radius 2 is 1.04 bits per heavy atom. The number of hydrogen-bond donors (Lipinski definition) is 0. The zero-order valence-corrected chi connectivity index (χ0v) is 23.4. The first-order valence-electron chi connectivity index (χ1n) is 19.2. The molecular formula is C41H25N3O. The minimum Gasteiger partial charge on any atom is -0.456 e. The van der Waals surface area contributed by atoms with Gasteiger partial charge in [-0.3, -0.25) is 0 Å². The fourth-order valence-corrected chi connectivity index (χ4v) is 5.73. The summed E-state index contributed by atoms with van der Waals surface area (Å²) in [5.41, 5.74) is 2.76. The van der Waals surface area contributed by atoms with Crippen LogP contribution in [0.25, 0.3) is 88.8 Å². The van der Waals surface area contributed by atoms with Crippen molar-refractivity contribution in [2.45, 2.75) is 0 Å². The molecule has 0 aliphatic rings. The molecule has 0 atom stereocenters. The Morgan fingerprint density at radius 3 is 1.80 bits per heavy atom. The van der Waals surface area contributed by atoms with Gasteiger partial charge in [-0.1, -0.05) is 121 Å². The van der Waals surface area contributed by atoms with Gasteiger partial charge < -0.3 is 4.42 Å². The van der Waals surface area contributed by atoms with Gasteiger partial charge in [0.05, 0.1) is 13.7 Å². The molecule has 9 aromatic rings. The van der Waals surface area contributed by atoms with Crippen LogP contribution in [0.2, 0.25) is 0 Å². The van der Waals surface area contributed by atoms with Gasteiger partial charge >= 0.3 is 0 Å². The molecule has 210 valence electrons. The van der Waals surface area contributed by atoms with Gasteiger partial charge in [-0.15, -0.1) is 0 Å². The number of furan rings is 1. The number of rotatable bonds is 4. The van der Waals surface area contributed by atoms with Crippen molar-refractivity contribution < 1.29 is 18.1 Å². The third kappa shape index (κ3) is 4.43. The lowest BCUT2D eigenvalue weighted by Gasteiger charge is -2.10.